The molecule has 2 atom stereocenters. The van der Waals surface area contributed by atoms with Crippen molar-refractivity contribution < 1.29 is 19.4 Å². The number of carboxylic acid groups (broad SMARTS) is 1. The molecule has 102 valence electrons. The zero-order valence-corrected chi connectivity index (χ0v) is 10.6. The van der Waals surface area contributed by atoms with Gasteiger partial charge < -0.3 is 14.6 Å². The van der Waals surface area contributed by atoms with E-state index in [1.54, 1.807) is 0 Å². The first-order chi connectivity index (χ1) is 9.22. The summed E-state index contributed by atoms with van der Waals surface area (Å²) in [6.45, 7) is 2.67. The van der Waals surface area contributed by atoms with Crippen molar-refractivity contribution in [3.8, 4) is 11.5 Å². The number of fused-ring (bicyclic) bond motifs is 1. The third-order valence-corrected chi connectivity index (χ3v) is 3.65. The molecule has 1 aromatic carbocycles. The molecule has 0 radical (unpaired) electrons. The molecule has 5 nitrogen and oxygen atoms in total. The number of likely N-dealkylation sites (tertiary alicyclic amines) is 1. The highest BCUT2D eigenvalue weighted by Gasteiger charge is 2.31. The Morgan fingerprint density at radius 2 is 2.16 bits per heavy atom. The summed E-state index contributed by atoms with van der Waals surface area (Å²) in [4.78, 5) is 13.1. The van der Waals surface area contributed by atoms with Gasteiger partial charge in [-0.3, -0.25) is 9.69 Å². The maximum Gasteiger partial charge on any atom is 0.307 e. The average molecular weight is 263 g/mol. The normalized spacial score (nSPS) is 26.3. The van der Waals surface area contributed by atoms with E-state index in [-0.39, 0.29) is 12.0 Å². The lowest BCUT2D eigenvalue weighted by Crippen LogP contribution is -2.40. The number of benzene rings is 1. The minimum atomic E-state index is -0.700. The van der Waals surface area contributed by atoms with Gasteiger partial charge in [0.05, 0.1) is 5.92 Å². The van der Waals surface area contributed by atoms with Gasteiger partial charge in [0.2, 0.25) is 0 Å². The van der Waals surface area contributed by atoms with Gasteiger partial charge in [0, 0.05) is 13.1 Å². The smallest absolute Gasteiger partial charge is 0.307 e. The monoisotopic (exact) mass is 263 g/mol. The molecular formula is C14H17NO4. The van der Waals surface area contributed by atoms with Crippen LogP contribution in [0.4, 0.5) is 0 Å². The number of ether oxygens (including phenoxy) is 2. The number of para-hydroxylation sites is 2. The fourth-order valence-corrected chi connectivity index (χ4v) is 2.64. The molecule has 0 aromatic heterocycles. The minimum absolute atomic E-state index is 0.0255. The van der Waals surface area contributed by atoms with E-state index in [4.69, 9.17) is 14.6 Å². The van der Waals surface area contributed by atoms with Gasteiger partial charge >= 0.3 is 5.97 Å². The average Bonchev–Trinajstić information content (AvgIpc) is 2.87. The Morgan fingerprint density at radius 3 is 2.89 bits per heavy atom. The van der Waals surface area contributed by atoms with Crippen molar-refractivity contribution in [1.29, 1.82) is 0 Å². The van der Waals surface area contributed by atoms with Crippen LogP contribution in [-0.2, 0) is 4.79 Å². The Balaban J connectivity index is 1.57. The molecule has 1 saturated heterocycles. The molecular weight excluding hydrogens is 246 g/mol. The minimum Gasteiger partial charge on any atom is -0.486 e. The van der Waals surface area contributed by atoms with Crippen LogP contribution in [0.25, 0.3) is 0 Å². The van der Waals surface area contributed by atoms with Crippen LogP contribution in [-0.4, -0.2) is 48.3 Å². The number of nitrogens with zero attached hydrogens (tertiary/aromatic N) is 1. The van der Waals surface area contributed by atoms with Gasteiger partial charge in [-0.25, -0.2) is 0 Å². The standard InChI is InChI=1S/C14H17NO4/c16-14(17)10-5-6-15(7-10)8-11-9-18-12-3-1-2-4-13(12)19-11/h1-4,10-11H,5-9H2,(H,16,17). The number of rotatable bonds is 3. The second kappa shape index (κ2) is 5.09. The predicted molar refractivity (Wildman–Crippen MR) is 68.5 cm³/mol. The Morgan fingerprint density at radius 1 is 1.37 bits per heavy atom. The van der Waals surface area contributed by atoms with E-state index in [1.165, 1.54) is 0 Å². The number of hydrogen-bond donors (Lipinski definition) is 1. The first-order valence-corrected chi connectivity index (χ1v) is 6.56. The summed E-state index contributed by atoms with van der Waals surface area (Å²) < 4.78 is 11.5. The van der Waals surface area contributed by atoms with Crippen LogP contribution in [0.3, 0.4) is 0 Å². The molecule has 0 aliphatic carbocycles. The summed E-state index contributed by atoms with van der Waals surface area (Å²) in [7, 11) is 0. The number of aliphatic carboxylic acids is 1. The first kappa shape index (κ1) is 12.3. The van der Waals surface area contributed by atoms with Crippen LogP contribution < -0.4 is 9.47 Å². The predicted octanol–water partition coefficient (Wildman–Crippen LogP) is 1.23. The van der Waals surface area contributed by atoms with Gasteiger partial charge in [-0.1, -0.05) is 12.1 Å². The van der Waals surface area contributed by atoms with E-state index in [1.807, 2.05) is 24.3 Å². The Bertz CT molecular complexity index is 476. The third-order valence-electron chi connectivity index (χ3n) is 3.65. The Kier molecular flexibility index (Phi) is 3.29. The van der Waals surface area contributed by atoms with Crippen LogP contribution in [0.1, 0.15) is 6.42 Å². The summed E-state index contributed by atoms with van der Waals surface area (Å²) in [5.41, 5.74) is 0. The summed E-state index contributed by atoms with van der Waals surface area (Å²) in [6.07, 6.45) is 0.696. The van der Waals surface area contributed by atoms with E-state index in [9.17, 15) is 4.79 Å². The Hall–Kier alpha value is -1.75. The highest BCUT2D eigenvalue weighted by molar-refractivity contribution is 5.70. The van der Waals surface area contributed by atoms with Gasteiger partial charge in [0.1, 0.15) is 12.7 Å². The number of carboxylic acids is 1. The molecule has 0 spiro atoms. The fourth-order valence-electron chi connectivity index (χ4n) is 2.64. The molecule has 1 fully saturated rings. The van der Waals surface area contributed by atoms with Crippen molar-refractivity contribution >= 4 is 5.97 Å². The van der Waals surface area contributed by atoms with Crippen molar-refractivity contribution in [2.24, 2.45) is 5.92 Å². The maximum absolute atomic E-state index is 10.9. The van der Waals surface area contributed by atoms with Gasteiger partial charge in [-0.15, -0.1) is 0 Å². The fraction of sp³-hybridized carbons (Fsp3) is 0.500. The summed E-state index contributed by atoms with van der Waals surface area (Å²) >= 11 is 0. The van der Waals surface area contributed by atoms with E-state index in [0.717, 1.165) is 31.0 Å². The molecule has 1 N–H and O–H groups in total. The highest BCUT2D eigenvalue weighted by Crippen LogP contribution is 2.31. The van der Waals surface area contributed by atoms with E-state index < -0.39 is 5.97 Å². The molecule has 2 aliphatic rings. The lowest BCUT2D eigenvalue weighted by atomic mass is 10.1. The molecule has 0 saturated carbocycles. The van der Waals surface area contributed by atoms with Crippen LogP contribution in [0.15, 0.2) is 24.3 Å². The van der Waals surface area contributed by atoms with Crippen molar-refractivity contribution in [3.05, 3.63) is 24.3 Å². The molecule has 3 rings (SSSR count). The SMILES string of the molecule is O=C(O)C1CCN(CC2COc3ccccc3O2)C1. The van der Waals surface area contributed by atoms with Gasteiger partial charge in [-0.2, -0.15) is 0 Å². The molecule has 5 heteroatoms. The molecule has 19 heavy (non-hydrogen) atoms. The van der Waals surface area contributed by atoms with E-state index >= 15 is 0 Å². The molecule has 2 heterocycles. The van der Waals surface area contributed by atoms with Crippen LogP contribution in [0, 0.1) is 5.92 Å². The topological polar surface area (TPSA) is 59.0 Å². The quantitative estimate of drug-likeness (QED) is 0.889. The summed E-state index contributed by atoms with van der Waals surface area (Å²) in [6, 6.07) is 7.62. The zero-order chi connectivity index (χ0) is 13.2. The summed E-state index contributed by atoms with van der Waals surface area (Å²) in [5.74, 6) is 0.613. The second-order valence-corrected chi connectivity index (χ2v) is 5.08. The molecule has 1 aromatic rings. The lowest BCUT2D eigenvalue weighted by Gasteiger charge is -2.29. The van der Waals surface area contributed by atoms with Gasteiger partial charge in [-0.05, 0) is 25.1 Å². The largest absolute Gasteiger partial charge is 0.486 e. The number of carbonyl (C=O) groups is 1. The lowest BCUT2D eigenvalue weighted by molar-refractivity contribution is -0.141. The van der Waals surface area contributed by atoms with Crippen molar-refractivity contribution in [2.45, 2.75) is 12.5 Å². The van der Waals surface area contributed by atoms with E-state index in [2.05, 4.69) is 4.90 Å². The highest BCUT2D eigenvalue weighted by atomic mass is 16.6. The van der Waals surface area contributed by atoms with Crippen molar-refractivity contribution in [3.63, 3.8) is 0 Å². The molecule has 0 bridgehead atoms. The maximum atomic E-state index is 10.9. The van der Waals surface area contributed by atoms with Crippen molar-refractivity contribution in [2.75, 3.05) is 26.2 Å². The molecule has 0 amide bonds. The van der Waals surface area contributed by atoms with Crippen LogP contribution in [0.5, 0.6) is 11.5 Å². The summed E-state index contributed by atoms with van der Waals surface area (Å²) in [5, 5.41) is 8.98. The van der Waals surface area contributed by atoms with Crippen molar-refractivity contribution in [1.82, 2.24) is 4.90 Å². The first-order valence-electron chi connectivity index (χ1n) is 6.56. The van der Waals surface area contributed by atoms with Crippen LogP contribution >= 0.6 is 0 Å². The third kappa shape index (κ3) is 2.66. The number of hydrogen-bond acceptors (Lipinski definition) is 4. The van der Waals surface area contributed by atoms with Crippen LogP contribution in [0.2, 0.25) is 0 Å². The molecule has 2 aliphatic heterocycles. The molecule has 2 unspecified atom stereocenters. The van der Waals surface area contributed by atoms with E-state index in [0.29, 0.717) is 13.2 Å². The Labute approximate surface area is 111 Å². The van der Waals surface area contributed by atoms with Gasteiger partial charge in [0.25, 0.3) is 0 Å². The zero-order valence-electron chi connectivity index (χ0n) is 10.6. The van der Waals surface area contributed by atoms with Gasteiger partial charge in [0.15, 0.2) is 11.5 Å². The second-order valence-electron chi connectivity index (χ2n) is 5.08.